The van der Waals surface area contributed by atoms with Gasteiger partial charge in [0.05, 0.1) is 11.9 Å². The van der Waals surface area contributed by atoms with Gasteiger partial charge in [0.2, 0.25) is 0 Å². The SMILES string of the molecule is CCCCCCC(=CC(=O)[O-])CCCCCC.CCCCCCC(=CC(=O)[O-])CCCCCC.[Ca+2]. The van der Waals surface area contributed by atoms with Gasteiger partial charge in [0.25, 0.3) is 0 Å². The number of carbonyl (C=O) groups is 2. The third kappa shape index (κ3) is 33.7. The molecule has 200 valence electrons. The van der Waals surface area contributed by atoms with Crippen LogP contribution in [0.15, 0.2) is 23.3 Å². The molecule has 0 aromatic rings. The number of carboxylic acid groups (broad SMARTS) is 2. The number of hydrogen-bond acceptors (Lipinski definition) is 4. The molecule has 0 aliphatic carbocycles. The molecule has 0 N–H and O–H groups in total. The van der Waals surface area contributed by atoms with E-state index in [4.69, 9.17) is 0 Å². The maximum Gasteiger partial charge on any atom is 2.00 e. The Bertz CT molecular complexity index is 464. The van der Waals surface area contributed by atoms with Gasteiger partial charge in [-0.1, -0.05) is 116 Å². The molecule has 0 saturated carbocycles. The molecule has 0 amide bonds. The van der Waals surface area contributed by atoms with Gasteiger partial charge < -0.3 is 19.8 Å². The van der Waals surface area contributed by atoms with Crippen LogP contribution in [0.3, 0.4) is 0 Å². The maximum atomic E-state index is 10.6. The fourth-order valence-corrected chi connectivity index (χ4v) is 3.99. The summed E-state index contributed by atoms with van der Waals surface area (Å²) in [4.78, 5) is 21.2. The normalized spacial score (nSPS) is 9.94. The molecule has 0 rings (SSSR count). The van der Waals surface area contributed by atoms with Crippen LogP contribution in [-0.2, 0) is 9.59 Å². The summed E-state index contributed by atoms with van der Waals surface area (Å²) in [7, 11) is 0. The number of allylic oxidation sites excluding steroid dienone is 2. The van der Waals surface area contributed by atoms with E-state index in [0.29, 0.717) is 0 Å². The second-order valence-electron chi connectivity index (χ2n) is 9.49. The average molecular weight is 519 g/mol. The van der Waals surface area contributed by atoms with Crippen LogP contribution in [0.2, 0.25) is 0 Å². The molecule has 4 nitrogen and oxygen atoms in total. The summed E-state index contributed by atoms with van der Waals surface area (Å²) < 4.78 is 0. The first-order valence-corrected chi connectivity index (χ1v) is 14.2. The summed E-state index contributed by atoms with van der Waals surface area (Å²) in [5.74, 6) is -2.07. The molecule has 0 aliphatic heterocycles. The summed E-state index contributed by atoms with van der Waals surface area (Å²) >= 11 is 0. The van der Waals surface area contributed by atoms with Gasteiger partial charge in [0, 0.05) is 0 Å². The van der Waals surface area contributed by atoms with Crippen molar-refractivity contribution in [3.8, 4) is 0 Å². The predicted octanol–water partition coefficient (Wildman–Crippen LogP) is 6.83. The van der Waals surface area contributed by atoms with Crippen molar-refractivity contribution < 1.29 is 19.8 Å². The number of unbranched alkanes of at least 4 members (excludes halogenated alkanes) is 12. The Hall–Kier alpha value is -0.320. The standard InChI is InChI=1S/2C15H28O2.Ca/c2*1-3-5-7-9-11-14(13-15(16)17)12-10-8-6-4-2;/h2*13H,3-12H2,1-2H3,(H,16,17);/q;;+2/p-2. The van der Waals surface area contributed by atoms with Crippen molar-refractivity contribution in [2.24, 2.45) is 0 Å². The van der Waals surface area contributed by atoms with Crippen LogP contribution in [0.1, 0.15) is 156 Å². The predicted molar refractivity (Wildman–Crippen MR) is 147 cm³/mol. The first kappa shape index (κ1) is 39.2. The van der Waals surface area contributed by atoms with Crippen molar-refractivity contribution in [1.29, 1.82) is 0 Å². The molecule has 0 aliphatic rings. The van der Waals surface area contributed by atoms with Crippen LogP contribution < -0.4 is 10.2 Å². The summed E-state index contributed by atoms with van der Waals surface area (Å²) in [5, 5.41) is 21.2. The van der Waals surface area contributed by atoms with Crippen molar-refractivity contribution in [3.05, 3.63) is 23.3 Å². The van der Waals surface area contributed by atoms with Crippen LogP contribution in [0, 0.1) is 0 Å². The maximum absolute atomic E-state index is 10.6. The monoisotopic (exact) mass is 518 g/mol. The molecule has 0 aromatic carbocycles. The molecule has 35 heavy (non-hydrogen) atoms. The fourth-order valence-electron chi connectivity index (χ4n) is 3.99. The second-order valence-corrected chi connectivity index (χ2v) is 9.49. The van der Waals surface area contributed by atoms with E-state index in [9.17, 15) is 19.8 Å². The summed E-state index contributed by atoms with van der Waals surface area (Å²) in [6, 6.07) is 0. The molecule has 0 saturated heterocycles. The summed E-state index contributed by atoms with van der Waals surface area (Å²) in [6.45, 7) is 8.73. The van der Waals surface area contributed by atoms with E-state index in [0.717, 1.165) is 62.5 Å². The first-order chi connectivity index (χ1) is 16.4. The van der Waals surface area contributed by atoms with Crippen molar-refractivity contribution >= 4 is 49.7 Å². The van der Waals surface area contributed by atoms with Gasteiger partial charge in [-0.05, 0) is 63.5 Å². The van der Waals surface area contributed by atoms with Crippen LogP contribution in [0.5, 0.6) is 0 Å². The Kier molecular flexibility index (Phi) is 35.5. The van der Waals surface area contributed by atoms with E-state index in [1.807, 2.05) is 0 Å². The molecule has 0 radical (unpaired) electrons. The van der Waals surface area contributed by atoms with Gasteiger partial charge in [-0.2, -0.15) is 0 Å². The van der Waals surface area contributed by atoms with Crippen LogP contribution in [0.4, 0.5) is 0 Å². The molecular formula is C30H54CaO4. The number of carboxylic acids is 2. The molecule has 0 spiro atoms. The minimum Gasteiger partial charge on any atom is -0.545 e. The molecule has 0 unspecified atom stereocenters. The second kappa shape index (κ2) is 31.7. The quantitative estimate of drug-likeness (QED) is 0.0894. The Labute approximate surface area is 247 Å². The van der Waals surface area contributed by atoms with E-state index in [2.05, 4.69) is 27.7 Å². The molecule has 0 bridgehead atoms. The van der Waals surface area contributed by atoms with E-state index in [-0.39, 0.29) is 37.7 Å². The van der Waals surface area contributed by atoms with Crippen molar-refractivity contribution in [2.75, 3.05) is 0 Å². The van der Waals surface area contributed by atoms with Crippen molar-refractivity contribution in [3.63, 3.8) is 0 Å². The smallest absolute Gasteiger partial charge is 0.545 e. The minimum absolute atomic E-state index is 0. The zero-order valence-electron chi connectivity index (χ0n) is 23.6. The van der Waals surface area contributed by atoms with Crippen LogP contribution in [-0.4, -0.2) is 49.7 Å². The Morgan fingerprint density at radius 3 is 0.857 bits per heavy atom. The van der Waals surface area contributed by atoms with E-state index in [1.165, 1.54) is 89.2 Å². The number of hydrogen-bond donors (Lipinski definition) is 0. The third-order valence-corrected chi connectivity index (χ3v) is 6.05. The molecule has 0 heterocycles. The molecule has 0 atom stereocenters. The molecule has 5 heteroatoms. The van der Waals surface area contributed by atoms with Gasteiger partial charge >= 0.3 is 37.7 Å². The fraction of sp³-hybridized carbons (Fsp3) is 0.800. The van der Waals surface area contributed by atoms with Crippen molar-refractivity contribution in [1.82, 2.24) is 0 Å². The average Bonchev–Trinajstić information content (AvgIpc) is 2.79. The molecular weight excluding hydrogens is 464 g/mol. The number of carbonyl (C=O) groups excluding carboxylic acids is 2. The summed E-state index contributed by atoms with van der Waals surface area (Å²) in [5.41, 5.74) is 2.13. The molecule has 0 aromatic heterocycles. The number of aliphatic carboxylic acids is 2. The van der Waals surface area contributed by atoms with Gasteiger partial charge in [-0.15, -0.1) is 0 Å². The largest absolute Gasteiger partial charge is 2.00 e. The Morgan fingerprint density at radius 2 is 0.686 bits per heavy atom. The topological polar surface area (TPSA) is 80.3 Å². The Balaban J connectivity index is -0.000000569. The zero-order valence-corrected chi connectivity index (χ0v) is 25.8. The van der Waals surface area contributed by atoms with E-state index < -0.39 is 11.9 Å². The number of rotatable bonds is 22. The van der Waals surface area contributed by atoms with E-state index >= 15 is 0 Å². The van der Waals surface area contributed by atoms with Gasteiger partial charge in [0.15, 0.2) is 0 Å². The van der Waals surface area contributed by atoms with Crippen LogP contribution >= 0.6 is 0 Å². The Morgan fingerprint density at radius 1 is 0.457 bits per heavy atom. The van der Waals surface area contributed by atoms with Gasteiger partial charge in [-0.25, -0.2) is 0 Å². The van der Waals surface area contributed by atoms with E-state index in [1.54, 1.807) is 0 Å². The third-order valence-electron chi connectivity index (χ3n) is 6.05. The minimum atomic E-state index is -1.04. The van der Waals surface area contributed by atoms with Gasteiger partial charge in [0.1, 0.15) is 0 Å². The molecule has 0 fully saturated rings. The van der Waals surface area contributed by atoms with Crippen LogP contribution in [0.25, 0.3) is 0 Å². The summed E-state index contributed by atoms with van der Waals surface area (Å²) in [6.07, 6.45) is 25.5. The first-order valence-electron chi connectivity index (χ1n) is 14.2. The van der Waals surface area contributed by atoms with Crippen molar-refractivity contribution in [2.45, 2.75) is 156 Å². The van der Waals surface area contributed by atoms with Gasteiger partial charge in [-0.3, -0.25) is 0 Å². The zero-order chi connectivity index (χ0) is 25.9.